The summed E-state index contributed by atoms with van der Waals surface area (Å²) in [5.41, 5.74) is -1.31. The smallest absolute Gasteiger partial charge is 0.420 e. The van der Waals surface area contributed by atoms with Crippen LogP contribution in [0.5, 0.6) is 23.0 Å². The Morgan fingerprint density at radius 3 is 2.29 bits per heavy atom. The number of hydrogen-bond donors (Lipinski definition) is 2. The summed E-state index contributed by atoms with van der Waals surface area (Å²) in [6.07, 6.45) is 0.413. The molecule has 0 bridgehead atoms. The Labute approximate surface area is 216 Å². The van der Waals surface area contributed by atoms with Crippen molar-refractivity contribution in [2.75, 3.05) is 14.2 Å². The lowest BCUT2D eigenvalue weighted by Gasteiger charge is -2.21. The second kappa shape index (κ2) is 10.6. The molecule has 9 nitrogen and oxygen atoms in total. The van der Waals surface area contributed by atoms with Crippen LogP contribution >= 0.6 is 0 Å². The van der Waals surface area contributed by atoms with Gasteiger partial charge in [-0.25, -0.2) is 0 Å². The fraction of sp³-hybridized carbons (Fsp3) is 0.308. The molecule has 3 aromatic rings. The lowest BCUT2D eigenvalue weighted by molar-refractivity contribution is -0.138. The van der Waals surface area contributed by atoms with Crippen molar-refractivity contribution in [3.8, 4) is 23.0 Å². The first-order chi connectivity index (χ1) is 18.0. The summed E-state index contributed by atoms with van der Waals surface area (Å²) in [4.78, 5) is 33.8. The summed E-state index contributed by atoms with van der Waals surface area (Å²) in [5.74, 6) is -0.668. The summed E-state index contributed by atoms with van der Waals surface area (Å²) >= 11 is 0. The molecule has 1 aromatic carbocycles. The second-order valence-electron chi connectivity index (χ2n) is 8.73. The van der Waals surface area contributed by atoms with Gasteiger partial charge in [-0.05, 0) is 56.2 Å². The van der Waals surface area contributed by atoms with Crippen molar-refractivity contribution in [3.63, 3.8) is 0 Å². The number of carbonyl (C=O) groups is 2. The third-order valence-corrected chi connectivity index (χ3v) is 6.02. The van der Waals surface area contributed by atoms with Crippen LogP contribution in [0.4, 0.5) is 13.2 Å². The van der Waals surface area contributed by atoms with E-state index in [4.69, 9.17) is 14.2 Å². The largest absolute Gasteiger partial charge is 0.497 e. The summed E-state index contributed by atoms with van der Waals surface area (Å²) in [6.45, 7) is 1.70. The lowest BCUT2D eigenvalue weighted by atomic mass is 10.1. The number of ether oxygens (including phenoxy) is 3. The zero-order valence-electron chi connectivity index (χ0n) is 20.8. The van der Waals surface area contributed by atoms with Crippen molar-refractivity contribution in [1.29, 1.82) is 0 Å². The maximum atomic E-state index is 13.4. The Bertz CT molecular complexity index is 1330. The third kappa shape index (κ3) is 5.96. The van der Waals surface area contributed by atoms with E-state index in [1.165, 1.54) is 63.1 Å². The van der Waals surface area contributed by atoms with Crippen LogP contribution in [0, 0.1) is 0 Å². The molecule has 1 aliphatic carbocycles. The summed E-state index contributed by atoms with van der Waals surface area (Å²) < 4.78 is 55.7. The Morgan fingerprint density at radius 1 is 0.974 bits per heavy atom. The fourth-order valence-corrected chi connectivity index (χ4v) is 3.67. The average Bonchev–Trinajstić information content (AvgIpc) is 3.69. The van der Waals surface area contributed by atoms with E-state index in [2.05, 4.69) is 20.6 Å². The Kier molecular flexibility index (Phi) is 7.42. The molecular formula is C26H25F3N4O5. The van der Waals surface area contributed by atoms with Crippen LogP contribution in [0.2, 0.25) is 0 Å². The summed E-state index contributed by atoms with van der Waals surface area (Å²) in [5, 5.41) is 5.60. The minimum absolute atomic E-state index is 0.0486. The van der Waals surface area contributed by atoms with Gasteiger partial charge in [-0.1, -0.05) is 0 Å². The molecule has 2 aromatic heterocycles. The summed E-state index contributed by atoms with van der Waals surface area (Å²) in [6, 6.07) is 7.36. The van der Waals surface area contributed by atoms with Crippen molar-refractivity contribution < 1.29 is 37.0 Å². The molecule has 12 heteroatoms. The number of aromatic nitrogens is 2. The van der Waals surface area contributed by atoms with Crippen molar-refractivity contribution in [3.05, 3.63) is 71.8 Å². The highest BCUT2D eigenvalue weighted by molar-refractivity contribution is 6.00. The van der Waals surface area contributed by atoms with Crippen molar-refractivity contribution in [2.24, 2.45) is 0 Å². The van der Waals surface area contributed by atoms with E-state index in [0.29, 0.717) is 24.3 Å². The molecule has 1 unspecified atom stereocenters. The number of methoxy groups -OCH3 is 2. The first kappa shape index (κ1) is 26.7. The van der Waals surface area contributed by atoms with Gasteiger partial charge in [0.2, 0.25) is 5.91 Å². The number of pyridine rings is 2. The van der Waals surface area contributed by atoms with Gasteiger partial charge in [-0.3, -0.25) is 19.6 Å². The van der Waals surface area contributed by atoms with Crippen LogP contribution in [0.1, 0.15) is 47.4 Å². The van der Waals surface area contributed by atoms with Crippen LogP contribution in [0.3, 0.4) is 0 Å². The molecule has 1 atom stereocenters. The molecule has 200 valence electrons. The van der Waals surface area contributed by atoms with Crippen LogP contribution in [-0.2, 0) is 11.0 Å². The normalized spacial score (nSPS) is 14.7. The highest BCUT2D eigenvalue weighted by atomic mass is 19.4. The van der Waals surface area contributed by atoms with E-state index in [0.717, 1.165) is 6.07 Å². The lowest BCUT2D eigenvalue weighted by Crippen LogP contribution is -2.49. The predicted molar refractivity (Wildman–Crippen MR) is 129 cm³/mol. The molecule has 0 spiro atoms. The molecule has 1 saturated carbocycles. The number of alkyl halides is 3. The van der Waals surface area contributed by atoms with Crippen molar-refractivity contribution >= 4 is 11.8 Å². The van der Waals surface area contributed by atoms with Gasteiger partial charge in [0.05, 0.1) is 43.9 Å². The first-order valence-electron chi connectivity index (χ1n) is 11.6. The van der Waals surface area contributed by atoms with Gasteiger partial charge in [0.1, 0.15) is 34.1 Å². The molecule has 2 N–H and O–H groups in total. The molecule has 0 radical (unpaired) electrons. The van der Waals surface area contributed by atoms with Crippen molar-refractivity contribution in [2.45, 2.75) is 37.5 Å². The molecular weight excluding hydrogens is 505 g/mol. The average molecular weight is 531 g/mol. The van der Waals surface area contributed by atoms with E-state index in [1.54, 1.807) is 6.92 Å². The third-order valence-electron chi connectivity index (χ3n) is 6.02. The van der Waals surface area contributed by atoms with E-state index in [9.17, 15) is 22.8 Å². The van der Waals surface area contributed by atoms with E-state index in [-0.39, 0.29) is 23.0 Å². The molecule has 1 fully saturated rings. The van der Waals surface area contributed by atoms with E-state index in [1.807, 2.05) is 0 Å². The van der Waals surface area contributed by atoms with Gasteiger partial charge in [0.25, 0.3) is 5.91 Å². The molecule has 38 heavy (non-hydrogen) atoms. The molecule has 0 aliphatic heterocycles. The maximum absolute atomic E-state index is 13.4. The minimum atomic E-state index is -4.65. The maximum Gasteiger partial charge on any atom is 0.420 e. The molecule has 2 heterocycles. The zero-order valence-corrected chi connectivity index (χ0v) is 20.8. The molecule has 0 saturated heterocycles. The Balaban J connectivity index is 1.40. The number of nitrogens with one attached hydrogen (secondary N) is 2. The predicted octanol–water partition coefficient (Wildman–Crippen LogP) is 4.44. The molecule has 2 amide bonds. The number of rotatable bonds is 9. The van der Waals surface area contributed by atoms with Gasteiger partial charge in [-0.15, -0.1) is 0 Å². The molecule has 1 aliphatic rings. The SMILES string of the molecule is COc1cncc(C(=O)NC2(C(=O)NC(C)c3ccc(Oc4ccc(OC)cc4C(F)(F)F)cn3)CC2)c1. The highest BCUT2D eigenvalue weighted by Crippen LogP contribution is 2.40. The highest BCUT2D eigenvalue weighted by Gasteiger charge is 2.51. The Morgan fingerprint density at radius 2 is 1.68 bits per heavy atom. The minimum Gasteiger partial charge on any atom is -0.497 e. The zero-order chi connectivity index (χ0) is 27.5. The van der Waals surface area contributed by atoms with Gasteiger partial charge in [0.15, 0.2) is 0 Å². The van der Waals surface area contributed by atoms with Crippen LogP contribution in [-0.4, -0.2) is 41.5 Å². The van der Waals surface area contributed by atoms with Crippen LogP contribution in [0.15, 0.2) is 55.0 Å². The van der Waals surface area contributed by atoms with Crippen LogP contribution in [0.25, 0.3) is 0 Å². The topological polar surface area (TPSA) is 112 Å². The van der Waals surface area contributed by atoms with E-state index < -0.39 is 35.0 Å². The Hall–Kier alpha value is -4.35. The number of benzene rings is 1. The van der Waals surface area contributed by atoms with Crippen LogP contribution < -0.4 is 24.8 Å². The quantitative estimate of drug-likeness (QED) is 0.421. The monoisotopic (exact) mass is 530 g/mol. The first-order valence-corrected chi connectivity index (χ1v) is 11.6. The van der Waals surface area contributed by atoms with Gasteiger partial charge in [-0.2, -0.15) is 13.2 Å². The van der Waals surface area contributed by atoms with E-state index >= 15 is 0 Å². The number of carbonyl (C=O) groups excluding carboxylic acids is 2. The second-order valence-corrected chi connectivity index (χ2v) is 8.73. The number of halogens is 3. The van der Waals surface area contributed by atoms with Gasteiger partial charge in [0, 0.05) is 6.20 Å². The number of amides is 2. The molecule has 4 rings (SSSR count). The van der Waals surface area contributed by atoms with Gasteiger partial charge >= 0.3 is 6.18 Å². The number of hydrogen-bond acceptors (Lipinski definition) is 7. The number of nitrogens with zero attached hydrogens (tertiary/aromatic N) is 2. The standard InChI is InChI=1S/C26H25F3N4O5/c1-15(32-24(35)25(8-9-25)33-23(34)16-10-19(37-3)13-30-12-16)21-6-4-18(14-31-21)38-22-7-5-17(36-2)11-20(22)26(27,28)29/h4-7,10-15H,8-9H2,1-3H3,(H,32,35)(H,33,34). The summed E-state index contributed by atoms with van der Waals surface area (Å²) in [7, 11) is 2.73. The van der Waals surface area contributed by atoms with Crippen molar-refractivity contribution in [1.82, 2.24) is 20.6 Å². The fourth-order valence-electron chi connectivity index (χ4n) is 3.67. The van der Waals surface area contributed by atoms with Gasteiger partial charge < -0.3 is 24.8 Å².